The number of rotatable bonds is 5. The van der Waals surface area contributed by atoms with E-state index in [1.54, 1.807) is 19.4 Å². The zero-order chi connectivity index (χ0) is 23.2. The van der Waals surface area contributed by atoms with Gasteiger partial charge in [-0.2, -0.15) is 0 Å². The molecule has 2 fully saturated rings. The molecule has 0 bridgehead atoms. The molecule has 1 N–H and O–H groups in total. The Hall–Kier alpha value is -2.38. The number of nitrogens with zero attached hydrogens (tertiary/aromatic N) is 3. The lowest BCUT2D eigenvalue weighted by molar-refractivity contribution is -0.120. The molecule has 0 unspecified atom stereocenters. The number of ether oxygens (including phenoxy) is 1. The third-order valence-electron chi connectivity index (χ3n) is 6.25. The van der Waals surface area contributed by atoms with Gasteiger partial charge in [-0.15, -0.1) is 0 Å². The number of hydrogen-bond acceptors (Lipinski definition) is 5. The third-order valence-corrected chi connectivity index (χ3v) is 7.43. The van der Waals surface area contributed by atoms with Gasteiger partial charge in [0.15, 0.2) is 0 Å². The number of amides is 1. The van der Waals surface area contributed by atoms with Crippen molar-refractivity contribution in [1.82, 2.24) is 20.2 Å². The minimum Gasteiger partial charge on any atom is -0.481 e. The summed E-state index contributed by atoms with van der Waals surface area (Å²) in [6, 6.07) is 11.4. The van der Waals surface area contributed by atoms with Gasteiger partial charge in [-0.3, -0.25) is 9.69 Å². The van der Waals surface area contributed by atoms with Crippen molar-refractivity contribution in [3.05, 3.63) is 63.4 Å². The number of hydrogen-bond donors (Lipinski definition) is 1. The molecule has 0 radical (unpaired) electrons. The standard InChI is InChI=1S/C24H21Cl3N4O2/c1-33-23-14(10-31-12-24(13-31)9-19(32)29-11-24)5-6-18(30-23)17-4-2-3-15(20(17)25)16-7-8-28-22(27)21(16)26/h2-8H,9-13H2,1H3,(H,29,32). The molecular weight excluding hydrogens is 483 g/mol. The Morgan fingerprint density at radius 2 is 1.82 bits per heavy atom. The van der Waals surface area contributed by atoms with E-state index in [2.05, 4.69) is 15.2 Å². The van der Waals surface area contributed by atoms with Crippen LogP contribution < -0.4 is 10.1 Å². The number of benzene rings is 1. The van der Waals surface area contributed by atoms with E-state index in [4.69, 9.17) is 44.5 Å². The first kappa shape index (κ1) is 22.4. The Morgan fingerprint density at radius 3 is 2.55 bits per heavy atom. The summed E-state index contributed by atoms with van der Waals surface area (Å²) in [4.78, 5) is 22.6. The Labute approximate surface area is 206 Å². The summed E-state index contributed by atoms with van der Waals surface area (Å²) in [5.41, 5.74) is 4.00. The zero-order valence-electron chi connectivity index (χ0n) is 17.9. The molecule has 2 aliphatic rings. The van der Waals surface area contributed by atoms with Crippen LogP contribution in [0.1, 0.15) is 12.0 Å². The van der Waals surface area contributed by atoms with Gasteiger partial charge in [0.1, 0.15) is 5.15 Å². The second-order valence-electron chi connectivity index (χ2n) is 8.59. The fraction of sp³-hybridized carbons (Fsp3) is 0.292. The number of aromatic nitrogens is 2. The van der Waals surface area contributed by atoms with Crippen LogP contribution in [0, 0.1) is 5.41 Å². The quantitative estimate of drug-likeness (QED) is 0.491. The number of pyridine rings is 2. The topological polar surface area (TPSA) is 67.4 Å². The lowest BCUT2D eigenvalue weighted by Crippen LogP contribution is -2.56. The van der Waals surface area contributed by atoms with Gasteiger partial charge in [0, 0.05) is 66.5 Å². The summed E-state index contributed by atoms with van der Waals surface area (Å²) >= 11 is 19.3. The van der Waals surface area contributed by atoms with Crippen LogP contribution in [-0.2, 0) is 11.3 Å². The van der Waals surface area contributed by atoms with Crippen molar-refractivity contribution in [2.75, 3.05) is 26.7 Å². The molecule has 3 aromatic rings. The van der Waals surface area contributed by atoms with Crippen molar-refractivity contribution in [2.24, 2.45) is 5.41 Å². The van der Waals surface area contributed by atoms with E-state index >= 15 is 0 Å². The van der Waals surface area contributed by atoms with E-state index in [-0.39, 0.29) is 16.5 Å². The van der Waals surface area contributed by atoms with Gasteiger partial charge in [-0.05, 0) is 12.1 Å². The van der Waals surface area contributed by atoms with Crippen molar-refractivity contribution < 1.29 is 9.53 Å². The van der Waals surface area contributed by atoms with E-state index in [9.17, 15) is 4.79 Å². The summed E-state index contributed by atoms with van der Waals surface area (Å²) in [7, 11) is 1.61. The molecule has 2 saturated heterocycles. The first-order valence-corrected chi connectivity index (χ1v) is 11.6. The number of carbonyl (C=O) groups is 1. The Morgan fingerprint density at radius 1 is 1.06 bits per heavy atom. The first-order chi connectivity index (χ1) is 15.9. The van der Waals surface area contributed by atoms with Crippen LogP contribution in [0.15, 0.2) is 42.6 Å². The monoisotopic (exact) mass is 502 g/mol. The molecule has 170 valence electrons. The number of likely N-dealkylation sites (tertiary alicyclic amines) is 1. The summed E-state index contributed by atoms with van der Waals surface area (Å²) < 4.78 is 5.61. The second-order valence-corrected chi connectivity index (χ2v) is 9.71. The molecule has 0 saturated carbocycles. The lowest BCUT2D eigenvalue weighted by Gasteiger charge is -2.47. The molecule has 33 heavy (non-hydrogen) atoms. The van der Waals surface area contributed by atoms with Crippen molar-refractivity contribution in [2.45, 2.75) is 13.0 Å². The maximum absolute atomic E-state index is 11.6. The molecule has 1 aromatic carbocycles. The van der Waals surface area contributed by atoms with Crippen LogP contribution in [0.5, 0.6) is 5.88 Å². The maximum Gasteiger partial charge on any atom is 0.220 e. The van der Waals surface area contributed by atoms with Crippen molar-refractivity contribution in [1.29, 1.82) is 0 Å². The minimum atomic E-state index is 0.0861. The number of halogens is 3. The highest BCUT2D eigenvalue weighted by Crippen LogP contribution is 2.41. The van der Waals surface area contributed by atoms with E-state index in [1.165, 1.54) is 0 Å². The predicted molar refractivity (Wildman–Crippen MR) is 130 cm³/mol. The lowest BCUT2D eigenvalue weighted by atomic mass is 9.79. The van der Waals surface area contributed by atoms with Crippen LogP contribution in [-0.4, -0.2) is 47.5 Å². The molecule has 0 aliphatic carbocycles. The normalized spacial score (nSPS) is 17.2. The minimum absolute atomic E-state index is 0.0861. The highest BCUT2D eigenvalue weighted by molar-refractivity contribution is 6.43. The number of nitrogens with one attached hydrogen (secondary N) is 1. The summed E-state index contributed by atoms with van der Waals surface area (Å²) in [5.74, 6) is 0.702. The molecule has 9 heteroatoms. The van der Waals surface area contributed by atoms with E-state index < -0.39 is 0 Å². The molecule has 0 atom stereocenters. The Bertz CT molecular complexity index is 1240. The highest BCUT2D eigenvalue weighted by Gasteiger charge is 2.47. The van der Waals surface area contributed by atoms with Gasteiger partial charge < -0.3 is 10.1 Å². The number of methoxy groups -OCH3 is 1. The van der Waals surface area contributed by atoms with Gasteiger partial charge in [-0.25, -0.2) is 9.97 Å². The van der Waals surface area contributed by atoms with Gasteiger partial charge in [0.05, 0.1) is 22.8 Å². The molecule has 2 aromatic heterocycles. The molecule has 5 rings (SSSR count). The highest BCUT2D eigenvalue weighted by atomic mass is 35.5. The summed E-state index contributed by atoms with van der Waals surface area (Å²) in [5, 5.41) is 4.04. The van der Waals surface area contributed by atoms with E-state index in [0.717, 1.165) is 36.3 Å². The largest absolute Gasteiger partial charge is 0.481 e. The fourth-order valence-electron chi connectivity index (χ4n) is 4.71. The zero-order valence-corrected chi connectivity index (χ0v) is 20.1. The van der Waals surface area contributed by atoms with Gasteiger partial charge in [0.25, 0.3) is 0 Å². The first-order valence-electron chi connectivity index (χ1n) is 10.5. The van der Waals surface area contributed by atoms with Gasteiger partial charge >= 0.3 is 0 Å². The smallest absolute Gasteiger partial charge is 0.220 e. The second kappa shape index (κ2) is 8.76. The van der Waals surface area contributed by atoms with E-state index in [1.807, 2.05) is 30.3 Å². The molecule has 1 amide bonds. The van der Waals surface area contributed by atoms with E-state index in [0.29, 0.717) is 40.1 Å². The predicted octanol–water partition coefficient (Wildman–Crippen LogP) is 5.10. The fourth-order valence-corrected chi connectivity index (χ4v) is 5.41. The third kappa shape index (κ3) is 4.17. The molecule has 2 aliphatic heterocycles. The van der Waals surface area contributed by atoms with Gasteiger partial charge in [-0.1, -0.05) is 59.1 Å². The Balaban J connectivity index is 1.40. The Kier molecular flexibility index (Phi) is 5.95. The summed E-state index contributed by atoms with van der Waals surface area (Å²) in [6.45, 7) is 3.25. The molecular formula is C24H21Cl3N4O2. The van der Waals surface area contributed by atoms with Gasteiger partial charge in [0.2, 0.25) is 11.8 Å². The van der Waals surface area contributed by atoms with Crippen molar-refractivity contribution in [3.8, 4) is 28.3 Å². The maximum atomic E-state index is 11.6. The van der Waals surface area contributed by atoms with Crippen molar-refractivity contribution in [3.63, 3.8) is 0 Å². The van der Waals surface area contributed by atoms with Crippen molar-refractivity contribution >= 4 is 40.7 Å². The van der Waals surface area contributed by atoms with Crippen LogP contribution >= 0.6 is 34.8 Å². The molecule has 6 nitrogen and oxygen atoms in total. The average molecular weight is 504 g/mol. The molecule has 1 spiro atoms. The number of carbonyl (C=O) groups excluding carboxylic acids is 1. The van der Waals surface area contributed by atoms with Crippen LogP contribution in [0.2, 0.25) is 15.2 Å². The molecule has 4 heterocycles. The summed E-state index contributed by atoms with van der Waals surface area (Å²) in [6.07, 6.45) is 2.21. The average Bonchev–Trinajstić information content (AvgIpc) is 3.18. The van der Waals surface area contributed by atoms with Crippen LogP contribution in [0.25, 0.3) is 22.4 Å². The van der Waals surface area contributed by atoms with Crippen LogP contribution in [0.4, 0.5) is 0 Å². The SMILES string of the molecule is COc1nc(-c2cccc(-c3ccnc(Cl)c3Cl)c2Cl)ccc1CN1CC2(CNC(=O)C2)C1. The van der Waals surface area contributed by atoms with Crippen LogP contribution in [0.3, 0.4) is 0 Å².